The lowest BCUT2D eigenvalue weighted by Crippen LogP contribution is -2.22. The van der Waals surface area contributed by atoms with Gasteiger partial charge in [0.1, 0.15) is 5.82 Å². The zero-order valence-corrected chi connectivity index (χ0v) is 11.9. The van der Waals surface area contributed by atoms with Crippen molar-refractivity contribution in [3.05, 3.63) is 27.8 Å². The lowest BCUT2D eigenvalue weighted by Gasteiger charge is -2.27. The smallest absolute Gasteiger partial charge is 0.277 e. The van der Waals surface area contributed by atoms with Gasteiger partial charge in [-0.1, -0.05) is 0 Å². The average Bonchev–Trinajstić information content (AvgIpc) is 2.86. The van der Waals surface area contributed by atoms with Crippen molar-refractivity contribution in [3.63, 3.8) is 0 Å². The van der Waals surface area contributed by atoms with Gasteiger partial charge in [-0.15, -0.1) is 0 Å². The fraction of sp³-hybridized carbons (Fsp3) is 0.364. The van der Waals surface area contributed by atoms with Gasteiger partial charge in [-0.2, -0.15) is 9.47 Å². The maximum absolute atomic E-state index is 12.0. The molecule has 5 nitrogen and oxygen atoms in total. The molecule has 0 aromatic carbocycles. The third kappa shape index (κ3) is 2.08. The Kier molecular flexibility index (Phi) is 3.17. The molecule has 0 spiro atoms. The van der Waals surface area contributed by atoms with E-state index >= 15 is 0 Å². The van der Waals surface area contributed by atoms with Crippen LogP contribution in [0.15, 0.2) is 22.1 Å². The molecule has 0 atom stereocenters. The van der Waals surface area contributed by atoms with Crippen LogP contribution in [0.5, 0.6) is 0 Å². The first-order valence-electron chi connectivity index (χ1n) is 5.70. The molecule has 1 aliphatic carbocycles. The molecule has 3 rings (SSSR count). The summed E-state index contributed by atoms with van der Waals surface area (Å²) in [7, 11) is 0. The van der Waals surface area contributed by atoms with Crippen LogP contribution in [0.4, 0.5) is 5.82 Å². The Hall–Kier alpha value is -1.21. The Morgan fingerprint density at radius 3 is 3.00 bits per heavy atom. The van der Waals surface area contributed by atoms with Gasteiger partial charge in [-0.05, 0) is 46.7 Å². The van der Waals surface area contributed by atoms with Crippen molar-refractivity contribution in [3.8, 4) is 0 Å². The molecule has 1 amide bonds. The molecule has 0 unspecified atom stereocenters. The SMILES string of the molecule is O=C(Nc1ccnn1C1CCC1)c1nscc1Br. The predicted octanol–water partition coefficient (Wildman–Crippen LogP) is 3.08. The van der Waals surface area contributed by atoms with Crippen LogP contribution >= 0.6 is 27.5 Å². The molecule has 2 aromatic heterocycles. The van der Waals surface area contributed by atoms with E-state index in [9.17, 15) is 4.79 Å². The molecule has 2 aromatic rings. The normalized spacial score (nSPS) is 15.4. The number of halogens is 1. The maximum Gasteiger partial charge on any atom is 0.277 e. The number of hydrogen-bond donors (Lipinski definition) is 1. The highest BCUT2D eigenvalue weighted by Crippen LogP contribution is 2.33. The van der Waals surface area contributed by atoms with Crippen LogP contribution in [0.25, 0.3) is 0 Å². The highest BCUT2D eigenvalue weighted by molar-refractivity contribution is 9.10. The number of carbonyl (C=O) groups excluding carboxylic acids is 1. The number of hydrogen-bond acceptors (Lipinski definition) is 4. The van der Waals surface area contributed by atoms with E-state index in [-0.39, 0.29) is 5.91 Å². The summed E-state index contributed by atoms with van der Waals surface area (Å²) >= 11 is 4.56. The molecule has 1 saturated carbocycles. The minimum Gasteiger partial charge on any atom is -0.305 e. The Bertz CT molecular complexity index is 575. The topological polar surface area (TPSA) is 59.8 Å². The van der Waals surface area contributed by atoms with Gasteiger partial charge in [0.2, 0.25) is 0 Å². The van der Waals surface area contributed by atoms with E-state index < -0.39 is 0 Å². The van der Waals surface area contributed by atoms with Gasteiger partial charge in [0.25, 0.3) is 5.91 Å². The van der Waals surface area contributed by atoms with Crippen LogP contribution < -0.4 is 5.32 Å². The molecule has 2 heterocycles. The highest BCUT2D eigenvalue weighted by atomic mass is 79.9. The van der Waals surface area contributed by atoms with Crippen molar-refractivity contribution in [1.82, 2.24) is 14.2 Å². The van der Waals surface area contributed by atoms with Gasteiger partial charge in [0, 0.05) is 11.4 Å². The zero-order valence-electron chi connectivity index (χ0n) is 9.47. The molecular weight excluding hydrogens is 316 g/mol. The van der Waals surface area contributed by atoms with Gasteiger partial charge in [0.05, 0.1) is 16.7 Å². The number of amides is 1. The van der Waals surface area contributed by atoms with Gasteiger partial charge >= 0.3 is 0 Å². The van der Waals surface area contributed by atoms with E-state index in [1.165, 1.54) is 18.0 Å². The number of carbonyl (C=O) groups is 1. The van der Waals surface area contributed by atoms with Crippen molar-refractivity contribution in [2.75, 3.05) is 5.32 Å². The van der Waals surface area contributed by atoms with Crippen molar-refractivity contribution in [2.45, 2.75) is 25.3 Å². The van der Waals surface area contributed by atoms with Crippen LogP contribution in [0.3, 0.4) is 0 Å². The lowest BCUT2D eigenvalue weighted by atomic mass is 9.93. The Labute approximate surface area is 116 Å². The molecule has 1 aliphatic rings. The predicted molar refractivity (Wildman–Crippen MR) is 72.9 cm³/mol. The summed E-state index contributed by atoms with van der Waals surface area (Å²) < 4.78 is 6.67. The van der Waals surface area contributed by atoms with Gasteiger partial charge in [-0.25, -0.2) is 4.68 Å². The van der Waals surface area contributed by atoms with Crippen molar-refractivity contribution >= 4 is 39.2 Å². The Balaban J connectivity index is 1.78. The fourth-order valence-electron chi connectivity index (χ4n) is 1.89. The highest BCUT2D eigenvalue weighted by Gasteiger charge is 2.23. The van der Waals surface area contributed by atoms with Crippen molar-refractivity contribution in [2.24, 2.45) is 0 Å². The minimum atomic E-state index is -0.204. The van der Waals surface area contributed by atoms with E-state index in [1.807, 2.05) is 10.7 Å². The maximum atomic E-state index is 12.0. The molecule has 1 N–H and O–H groups in total. The third-order valence-corrected chi connectivity index (χ3v) is 4.61. The third-order valence-electron chi connectivity index (χ3n) is 3.07. The Morgan fingerprint density at radius 1 is 1.56 bits per heavy atom. The second kappa shape index (κ2) is 4.81. The average molecular weight is 327 g/mol. The summed E-state index contributed by atoms with van der Waals surface area (Å²) in [6.07, 6.45) is 5.20. The van der Waals surface area contributed by atoms with Crippen LogP contribution in [-0.4, -0.2) is 20.1 Å². The minimum absolute atomic E-state index is 0.204. The first-order chi connectivity index (χ1) is 8.75. The van der Waals surface area contributed by atoms with Crippen LogP contribution in [0, 0.1) is 0 Å². The number of aromatic nitrogens is 3. The van der Waals surface area contributed by atoms with E-state index in [1.54, 1.807) is 11.6 Å². The summed E-state index contributed by atoms with van der Waals surface area (Å²) in [5.74, 6) is 0.536. The molecule has 94 valence electrons. The van der Waals surface area contributed by atoms with Gasteiger partial charge in [-0.3, -0.25) is 4.79 Å². The molecule has 7 heteroatoms. The van der Waals surface area contributed by atoms with E-state index in [0.717, 1.165) is 23.1 Å². The number of rotatable bonds is 3. The lowest BCUT2D eigenvalue weighted by molar-refractivity contribution is 0.102. The second-order valence-electron chi connectivity index (χ2n) is 4.21. The molecule has 0 bridgehead atoms. The molecule has 0 radical (unpaired) electrons. The largest absolute Gasteiger partial charge is 0.305 e. The summed E-state index contributed by atoms with van der Waals surface area (Å²) in [6, 6.07) is 2.24. The van der Waals surface area contributed by atoms with Gasteiger partial charge in [0.15, 0.2) is 5.69 Å². The van der Waals surface area contributed by atoms with Crippen LogP contribution in [-0.2, 0) is 0 Å². The first kappa shape index (κ1) is 11.9. The van der Waals surface area contributed by atoms with Crippen LogP contribution in [0.2, 0.25) is 0 Å². The zero-order chi connectivity index (χ0) is 12.5. The van der Waals surface area contributed by atoms with E-state index in [4.69, 9.17) is 0 Å². The quantitative estimate of drug-likeness (QED) is 0.942. The second-order valence-corrected chi connectivity index (χ2v) is 5.69. The summed E-state index contributed by atoms with van der Waals surface area (Å²) in [5, 5.41) is 8.92. The molecular formula is C11H11BrN4OS. The van der Waals surface area contributed by atoms with E-state index in [0.29, 0.717) is 11.7 Å². The van der Waals surface area contributed by atoms with Gasteiger partial charge < -0.3 is 5.32 Å². The first-order valence-corrected chi connectivity index (χ1v) is 7.33. The molecule has 0 saturated heterocycles. The fourth-order valence-corrected chi connectivity index (χ4v) is 3.07. The Morgan fingerprint density at radius 2 is 2.39 bits per heavy atom. The van der Waals surface area contributed by atoms with E-state index in [2.05, 4.69) is 30.7 Å². The summed E-state index contributed by atoms with van der Waals surface area (Å²) in [6.45, 7) is 0. The van der Waals surface area contributed by atoms with Crippen molar-refractivity contribution < 1.29 is 4.79 Å². The summed E-state index contributed by atoms with van der Waals surface area (Å²) in [4.78, 5) is 12.0. The number of anilines is 1. The summed E-state index contributed by atoms with van der Waals surface area (Å²) in [5.41, 5.74) is 0.418. The monoisotopic (exact) mass is 326 g/mol. The van der Waals surface area contributed by atoms with Crippen LogP contribution in [0.1, 0.15) is 35.8 Å². The van der Waals surface area contributed by atoms with Crippen molar-refractivity contribution in [1.29, 1.82) is 0 Å². The number of nitrogens with zero attached hydrogens (tertiary/aromatic N) is 3. The molecule has 1 fully saturated rings. The standard InChI is InChI=1S/C11H11BrN4OS/c12-8-6-18-15-10(8)11(17)14-9-4-5-13-16(9)7-2-1-3-7/h4-7H,1-3H2,(H,14,17). The molecule has 0 aliphatic heterocycles. The molecule has 18 heavy (non-hydrogen) atoms. The number of nitrogens with one attached hydrogen (secondary N) is 1.